The fraction of sp³-hybridized carbons (Fsp3) is 0.267. The van der Waals surface area contributed by atoms with E-state index in [0.29, 0.717) is 17.2 Å². The summed E-state index contributed by atoms with van der Waals surface area (Å²) >= 11 is 0. The molecule has 2 rings (SSSR count). The van der Waals surface area contributed by atoms with E-state index in [1.807, 2.05) is 25.2 Å². The third-order valence-electron chi connectivity index (χ3n) is 2.98. The van der Waals surface area contributed by atoms with Crippen molar-refractivity contribution >= 4 is 17.1 Å². The first kappa shape index (κ1) is 14.8. The van der Waals surface area contributed by atoms with Gasteiger partial charge in [-0.05, 0) is 6.07 Å². The topological polar surface area (TPSA) is 64.6 Å². The molecule has 1 aromatic carbocycles. The molecular formula is C15H19N3O3. The smallest absolute Gasteiger partial charge is 0.203 e. The highest BCUT2D eigenvalue weighted by Crippen LogP contribution is 2.40. The molecule has 112 valence electrons. The molecule has 0 spiro atoms. The van der Waals surface area contributed by atoms with Crippen LogP contribution < -0.4 is 24.8 Å². The van der Waals surface area contributed by atoms with Crippen molar-refractivity contribution in [2.75, 3.05) is 39.0 Å². The molecule has 2 N–H and O–H groups in total. The molecule has 0 unspecified atom stereocenters. The molecule has 0 aliphatic rings. The van der Waals surface area contributed by atoms with E-state index in [2.05, 4.69) is 15.6 Å². The molecule has 6 heteroatoms. The van der Waals surface area contributed by atoms with E-state index >= 15 is 0 Å². The summed E-state index contributed by atoms with van der Waals surface area (Å²) in [5.74, 6) is 1.75. The van der Waals surface area contributed by atoms with Crippen molar-refractivity contribution in [2.24, 2.45) is 0 Å². The number of rotatable bonds is 6. The summed E-state index contributed by atoms with van der Waals surface area (Å²) in [4.78, 5) is 4.16. The van der Waals surface area contributed by atoms with Crippen molar-refractivity contribution in [1.82, 2.24) is 4.98 Å². The highest BCUT2D eigenvalue weighted by atomic mass is 16.5. The van der Waals surface area contributed by atoms with Gasteiger partial charge in [0.05, 0.1) is 45.1 Å². The second-order valence-corrected chi connectivity index (χ2v) is 4.25. The van der Waals surface area contributed by atoms with E-state index in [-0.39, 0.29) is 0 Å². The lowest BCUT2D eigenvalue weighted by atomic mass is 10.2. The summed E-state index contributed by atoms with van der Waals surface area (Å²) in [5.41, 5.74) is 2.60. The molecule has 0 radical (unpaired) electrons. The lowest BCUT2D eigenvalue weighted by Crippen LogP contribution is -1.98. The Morgan fingerprint density at radius 3 is 1.95 bits per heavy atom. The highest BCUT2D eigenvalue weighted by molar-refractivity contribution is 5.69. The number of methoxy groups -OCH3 is 3. The molecule has 1 heterocycles. The minimum Gasteiger partial charge on any atom is -0.493 e. The first-order chi connectivity index (χ1) is 10.2. The molecule has 0 aliphatic carbocycles. The fourth-order valence-electron chi connectivity index (χ4n) is 1.96. The van der Waals surface area contributed by atoms with Crippen LogP contribution in [0.3, 0.4) is 0 Å². The Morgan fingerprint density at radius 2 is 1.43 bits per heavy atom. The van der Waals surface area contributed by atoms with Gasteiger partial charge in [0, 0.05) is 24.9 Å². The van der Waals surface area contributed by atoms with Gasteiger partial charge in [-0.2, -0.15) is 0 Å². The summed E-state index contributed by atoms with van der Waals surface area (Å²) in [6.45, 7) is 0. The Hall–Kier alpha value is -2.63. The quantitative estimate of drug-likeness (QED) is 0.852. The zero-order chi connectivity index (χ0) is 15.2. The van der Waals surface area contributed by atoms with Crippen molar-refractivity contribution in [3.8, 4) is 17.2 Å². The van der Waals surface area contributed by atoms with Crippen LogP contribution in [0.4, 0.5) is 17.1 Å². The van der Waals surface area contributed by atoms with Gasteiger partial charge < -0.3 is 24.8 Å². The maximum absolute atomic E-state index is 5.33. The average molecular weight is 289 g/mol. The lowest BCUT2D eigenvalue weighted by molar-refractivity contribution is 0.324. The van der Waals surface area contributed by atoms with E-state index in [4.69, 9.17) is 14.2 Å². The molecule has 0 bridgehead atoms. The first-order valence-corrected chi connectivity index (χ1v) is 6.41. The van der Waals surface area contributed by atoms with Crippen LogP contribution in [0.15, 0.2) is 30.6 Å². The van der Waals surface area contributed by atoms with Crippen molar-refractivity contribution in [3.05, 3.63) is 30.6 Å². The summed E-state index contributed by atoms with van der Waals surface area (Å²) in [5, 5.41) is 6.31. The normalized spacial score (nSPS) is 9.90. The number of hydrogen-bond acceptors (Lipinski definition) is 6. The molecule has 6 nitrogen and oxygen atoms in total. The largest absolute Gasteiger partial charge is 0.493 e. The van der Waals surface area contributed by atoms with Gasteiger partial charge in [0.15, 0.2) is 11.5 Å². The summed E-state index contributed by atoms with van der Waals surface area (Å²) < 4.78 is 16.0. The van der Waals surface area contributed by atoms with Gasteiger partial charge in [0.25, 0.3) is 0 Å². The van der Waals surface area contributed by atoms with Gasteiger partial charge in [-0.15, -0.1) is 0 Å². The van der Waals surface area contributed by atoms with Crippen LogP contribution in [0.1, 0.15) is 0 Å². The summed E-state index contributed by atoms with van der Waals surface area (Å²) in [7, 11) is 6.60. The predicted molar refractivity (Wildman–Crippen MR) is 83.2 cm³/mol. The number of benzene rings is 1. The third-order valence-corrected chi connectivity index (χ3v) is 2.98. The molecule has 21 heavy (non-hydrogen) atoms. The van der Waals surface area contributed by atoms with Crippen LogP contribution in [0.2, 0.25) is 0 Å². The molecule has 1 aromatic heterocycles. The second kappa shape index (κ2) is 6.69. The molecule has 0 saturated heterocycles. The summed E-state index contributed by atoms with van der Waals surface area (Å²) in [6, 6.07) is 5.64. The van der Waals surface area contributed by atoms with Crippen molar-refractivity contribution < 1.29 is 14.2 Å². The van der Waals surface area contributed by atoms with Gasteiger partial charge in [0.2, 0.25) is 5.75 Å². The van der Waals surface area contributed by atoms with Gasteiger partial charge >= 0.3 is 0 Å². The predicted octanol–water partition coefficient (Wildman–Crippen LogP) is 2.89. The van der Waals surface area contributed by atoms with Crippen LogP contribution in [-0.4, -0.2) is 33.4 Å². The molecular weight excluding hydrogens is 270 g/mol. The third kappa shape index (κ3) is 3.28. The Labute approximate surface area is 124 Å². The van der Waals surface area contributed by atoms with Gasteiger partial charge in [-0.25, -0.2) is 0 Å². The van der Waals surface area contributed by atoms with Gasteiger partial charge in [-0.3, -0.25) is 4.98 Å². The van der Waals surface area contributed by atoms with Crippen molar-refractivity contribution in [2.45, 2.75) is 0 Å². The molecule has 0 fully saturated rings. The number of anilines is 3. The molecule has 0 saturated carbocycles. The van der Waals surface area contributed by atoms with Gasteiger partial charge in [0.1, 0.15) is 0 Å². The number of ether oxygens (including phenoxy) is 3. The fourth-order valence-corrected chi connectivity index (χ4v) is 1.96. The standard InChI is InChI=1S/C15H19N3O3/c1-16-11-5-12(9-17-8-11)18-10-6-13(19-2)15(21-4)14(7-10)20-3/h5-9,16,18H,1-4H3. The SMILES string of the molecule is CNc1cncc(Nc2cc(OC)c(OC)c(OC)c2)c1. The number of pyridine rings is 1. The number of hydrogen-bond donors (Lipinski definition) is 2. The monoisotopic (exact) mass is 289 g/mol. The van der Waals surface area contributed by atoms with E-state index in [1.165, 1.54) is 0 Å². The van der Waals surface area contributed by atoms with Crippen LogP contribution in [0.5, 0.6) is 17.2 Å². The minimum absolute atomic E-state index is 0.563. The minimum atomic E-state index is 0.563. The molecule has 2 aromatic rings. The van der Waals surface area contributed by atoms with Crippen LogP contribution in [0, 0.1) is 0 Å². The van der Waals surface area contributed by atoms with E-state index < -0.39 is 0 Å². The Morgan fingerprint density at radius 1 is 0.810 bits per heavy atom. The number of aromatic nitrogens is 1. The van der Waals surface area contributed by atoms with Crippen molar-refractivity contribution in [3.63, 3.8) is 0 Å². The zero-order valence-corrected chi connectivity index (χ0v) is 12.6. The lowest BCUT2D eigenvalue weighted by Gasteiger charge is -2.15. The van der Waals surface area contributed by atoms with Crippen molar-refractivity contribution in [1.29, 1.82) is 0 Å². The maximum Gasteiger partial charge on any atom is 0.203 e. The Kier molecular flexibility index (Phi) is 4.71. The zero-order valence-electron chi connectivity index (χ0n) is 12.6. The number of nitrogens with zero attached hydrogens (tertiary/aromatic N) is 1. The van der Waals surface area contributed by atoms with Crippen LogP contribution in [-0.2, 0) is 0 Å². The summed E-state index contributed by atoms with van der Waals surface area (Å²) in [6.07, 6.45) is 3.49. The molecule has 0 atom stereocenters. The molecule has 0 amide bonds. The average Bonchev–Trinajstić information content (AvgIpc) is 2.53. The Bertz CT molecular complexity index is 592. The number of nitrogens with one attached hydrogen (secondary N) is 2. The van der Waals surface area contributed by atoms with E-state index in [1.54, 1.807) is 33.7 Å². The maximum atomic E-state index is 5.33. The van der Waals surface area contributed by atoms with E-state index in [9.17, 15) is 0 Å². The highest BCUT2D eigenvalue weighted by Gasteiger charge is 2.13. The Balaban J connectivity index is 2.35. The van der Waals surface area contributed by atoms with Crippen LogP contribution in [0.25, 0.3) is 0 Å². The van der Waals surface area contributed by atoms with Gasteiger partial charge in [-0.1, -0.05) is 0 Å². The van der Waals surface area contributed by atoms with E-state index in [0.717, 1.165) is 17.1 Å². The second-order valence-electron chi connectivity index (χ2n) is 4.25. The molecule has 0 aliphatic heterocycles. The first-order valence-electron chi connectivity index (χ1n) is 6.41. The van der Waals surface area contributed by atoms with Crippen LogP contribution >= 0.6 is 0 Å².